The molecule has 1 atom stereocenters. The Hall–Kier alpha value is -1.89. The maximum Gasteiger partial charge on any atom is 0.264 e. The van der Waals surface area contributed by atoms with Crippen molar-refractivity contribution in [2.75, 3.05) is 6.54 Å². The maximum absolute atomic E-state index is 12.0. The van der Waals surface area contributed by atoms with E-state index in [9.17, 15) is 4.79 Å². The maximum atomic E-state index is 12.0. The van der Waals surface area contributed by atoms with Gasteiger partial charge in [-0.05, 0) is 5.92 Å². The van der Waals surface area contributed by atoms with Crippen LogP contribution in [0.2, 0.25) is 0 Å². The summed E-state index contributed by atoms with van der Waals surface area (Å²) in [4.78, 5) is 22.6. The van der Waals surface area contributed by atoms with E-state index in [2.05, 4.69) is 15.5 Å². The molecule has 1 aliphatic heterocycles. The molecular weight excluding hydrogens is 288 g/mol. The highest BCUT2D eigenvalue weighted by Gasteiger charge is 2.28. The minimum atomic E-state index is -0.479. The lowest BCUT2D eigenvalue weighted by Gasteiger charge is -2.09. The summed E-state index contributed by atoms with van der Waals surface area (Å²) in [6.07, 6.45) is 4.79. The average Bonchev–Trinajstić information content (AvgIpc) is 3.13. The molecule has 1 amide bonds. The van der Waals surface area contributed by atoms with Crippen LogP contribution in [0.1, 0.15) is 26.0 Å². The van der Waals surface area contributed by atoms with Gasteiger partial charge in [-0.3, -0.25) is 9.20 Å². The molecule has 0 spiro atoms. The van der Waals surface area contributed by atoms with Gasteiger partial charge in [0, 0.05) is 37.2 Å². The van der Waals surface area contributed by atoms with Gasteiger partial charge in [-0.2, -0.15) is 0 Å². The summed E-state index contributed by atoms with van der Waals surface area (Å²) in [7, 11) is 0. The second-order valence-electron chi connectivity index (χ2n) is 5.40. The molecule has 0 unspecified atom stereocenters. The molecule has 0 fully saturated rings. The standard InChI is InChI=1S/C14H18N4O2S/c1-9(2)11-7-12(20-17-11)13(19)15-4-3-10-8-18-5-6-21-14(18)16-10/h5-6,8-9,12H,3-4,7H2,1-2H3,(H,15,19)/t12-/m0/s1. The third-order valence-electron chi connectivity index (χ3n) is 3.47. The Morgan fingerprint density at radius 1 is 1.62 bits per heavy atom. The van der Waals surface area contributed by atoms with Crippen LogP contribution in [0.15, 0.2) is 22.9 Å². The zero-order chi connectivity index (χ0) is 14.8. The number of amides is 1. The Morgan fingerprint density at radius 3 is 3.19 bits per heavy atom. The van der Waals surface area contributed by atoms with Gasteiger partial charge >= 0.3 is 0 Å². The molecule has 21 heavy (non-hydrogen) atoms. The van der Waals surface area contributed by atoms with Crippen LogP contribution in [0, 0.1) is 5.92 Å². The van der Waals surface area contributed by atoms with Gasteiger partial charge < -0.3 is 10.2 Å². The second-order valence-corrected chi connectivity index (χ2v) is 6.27. The van der Waals surface area contributed by atoms with Gasteiger partial charge in [-0.1, -0.05) is 19.0 Å². The molecule has 0 saturated carbocycles. The number of nitrogens with one attached hydrogen (secondary N) is 1. The van der Waals surface area contributed by atoms with E-state index in [0.717, 1.165) is 16.4 Å². The summed E-state index contributed by atoms with van der Waals surface area (Å²) in [6, 6.07) is 0. The minimum Gasteiger partial charge on any atom is -0.382 e. The summed E-state index contributed by atoms with van der Waals surface area (Å²) < 4.78 is 1.99. The lowest BCUT2D eigenvalue weighted by molar-refractivity contribution is -0.131. The van der Waals surface area contributed by atoms with Gasteiger partial charge in [-0.25, -0.2) is 4.98 Å². The zero-order valence-corrected chi connectivity index (χ0v) is 12.9. The van der Waals surface area contributed by atoms with E-state index in [0.29, 0.717) is 25.3 Å². The van der Waals surface area contributed by atoms with Crippen LogP contribution in [-0.4, -0.2) is 33.7 Å². The molecule has 3 rings (SSSR count). The molecule has 6 nitrogen and oxygen atoms in total. The highest BCUT2D eigenvalue weighted by Crippen LogP contribution is 2.16. The van der Waals surface area contributed by atoms with Crippen LogP contribution >= 0.6 is 11.3 Å². The van der Waals surface area contributed by atoms with Gasteiger partial charge in [0.15, 0.2) is 4.96 Å². The lowest BCUT2D eigenvalue weighted by Crippen LogP contribution is -2.36. The van der Waals surface area contributed by atoms with Gasteiger partial charge in [0.25, 0.3) is 5.91 Å². The van der Waals surface area contributed by atoms with Crippen LogP contribution in [0.25, 0.3) is 4.96 Å². The molecule has 3 heterocycles. The molecule has 0 aliphatic carbocycles. The summed E-state index contributed by atoms with van der Waals surface area (Å²) in [5.74, 6) is 0.219. The Morgan fingerprint density at radius 2 is 2.48 bits per heavy atom. The Bertz CT molecular complexity index is 645. The third-order valence-corrected chi connectivity index (χ3v) is 4.24. The fraction of sp³-hybridized carbons (Fsp3) is 0.500. The van der Waals surface area contributed by atoms with Crippen molar-refractivity contribution in [2.45, 2.75) is 32.8 Å². The van der Waals surface area contributed by atoms with Crippen molar-refractivity contribution < 1.29 is 9.63 Å². The largest absolute Gasteiger partial charge is 0.382 e. The van der Waals surface area contributed by atoms with Crippen molar-refractivity contribution in [3.8, 4) is 0 Å². The summed E-state index contributed by atoms with van der Waals surface area (Å²) in [6.45, 7) is 4.65. The SMILES string of the molecule is CC(C)C1=NO[C@H](C(=O)NCCc2cn3ccsc3n2)C1. The number of imidazole rings is 1. The zero-order valence-electron chi connectivity index (χ0n) is 12.1. The van der Waals surface area contributed by atoms with E-state index < -0.39 is 6.10 Å². The third kappa shape index (κ3) is 3.07. The number of rotatable bonds is 5. The van der Waals surface area contributed by atoms with Crippen LogP contribution < -0.4 is 5.32 Å². The van der Waals surface area contributed by atoms with Crippen molar-refractivity contribution >= 4 is 27.9 Å². The molecule has 7 heteroatoms. The first-order chi connectivity index (χ1) is 10.1. The monoisotopic (exact) mass is 306 g/mol. The van der Waals surface area contributed by atoms with Crippen LogP contribution in [-0.2, 0) is 16.1 Å². The summed E-state index contributed by atoms with van der Waals surface area (Å²) in [5, 5.41) is 8.85. The van der Waals surface area contributed by atoms with Crippen LogP contribution in [0.5, 0.6) is 0 Å². The highest BCUT2D eigenvalue weighted by atomic mass is 32.1. The van der Waals surface area contributed by atoms with E-state index in [1.165, 1.54) is 0 Å². The second kappa shape index (κ2) is 5.85. The molecular formula is C14H18N4O2S. The van der Waals surface area contributed by atoms with E-state index in [1.54, 1.807) is 11.3 Å². The number of carbonyl (C=O) groups is 1. The molecule has 112 valence electrons. The Kier molecular flexibility index (Phi) is 3.92. The number of fused-ring (bicyclic) bond motifs is 1. The molecule has 0 aromatic carbocycles. The quantitative estimate of drug-likeness (QED) is 0.916. The first-order valence-corrected chi connectivity index (χ1v) is 7.93. The highest BCUT2D eigenvalue weighted by molar-refractivity contribution is 7.15. The molecule has 0 saturated heterocycles. The number of hydrogen-bond donors (Lipinski definition) is 1. The number of nitrogens with zero attached hydrogens (tertiary/aromatic N) is 3. The molecule has 1 N–H and O–H groups in total. The lowest BCUT2D eigenvalue weighted by atomic mass is 10.0. The van der Waals surface area contributed by atoms with E-state index in [1.807, 2.05) is 36.0 Å². The van der Waals surface area contributed by atoms with Crippen molar-refractivity contribution in [3.05, 3.63) is 23.5 Å². The van der Waals surface area contributed by atoms with E-state index >= 15 is 0 Å². The van der Waals surface area contributed by atoms with Crippen molar-refractivity contribution in [1.29, 1.82) is 0 Å². The normalized spacial score (nSPS) is 18.0. The van der Waals surface area contributed by atoms with Gasteiger partial charge in [-0.15, -0.1) is 11.3 Å². The van der Waals surface area contributed by atoms with Crippen molar-refractivity contribution in [3.63, 3.8) is 0 Å². The molecule has 0 radical (unpaired) electrons. The number of carbonyl (C=O) groups excluding carboxylic acids is 1. The minimum absolute atomic E-state index is 0.101. The Labute approximate surface area is 126 Å². The topological polar surface area (TPSA) is 68.0 Å². The number of hydrogen-bond acceptors (Lipinski definition) is 5. The van der Waals surface area contributed by atoms with Gasteiger partial charge in [0.1, 0.15) is 0 Å². The predicted octanol–water partition coefficient (Wildman–Crippen LogP) is 1.86. The first kappa shape index (κ1) is 14.1. The fourth-order valence-corrected chi connectivity index (χ4v) is 2.92. The predicted molar refractivity (Wildman–Crippen MR) is 81.5 cm³/mol. The van der Waals surface area contributed by atoms with Gasteiger partial charge in [0.05, 0.1) is 11.4 Å². The first-order valence-electron chi connectivity index (χ1n) is 7.05. The van der Waals surface area contributed by atoms with Crippen LogP contribution in [0.4, 0.5) is 0 Å². The number of thiazole rings is 1. The van der Waals surface area contributed by atoms with E-state index in [-0.39, 0.29) is 5.91 Å². The molecule has 0 bridgehead atoms. The average molecular weight is 306 g/mol. The van der Waals surface area contributed by atoms with Crippen molar-refractivity contribution in [2.24, 2.45) is 11.1 Å². The fourth-order valence-electron chi connectivity index (χ4n) is 2.20. The van der Waals surface area contributed by atoms with Gasteiger partial charge in [0.2, 0.25) is 6.10 Å². The summed E-state index contributed by atoms with van der Waals surface area (Å²) in [5.41, 5.74) is 1.93. The molecule has 2 aromatic rings. The molecule has 2 aromatic heterocycles. The molecule has 1 aliphatic rings. The summed E-state index contributed by atoms with van der Waals surface area (Å²) >= 11 is 1.60. The van der Waals surface area contributed by atoms with Crippen molar-refractivity contribution in [1.82, 2.24) is 14.7 Å². The number of oxime groups is 1. The number of aromatic nitrogens is 2. The van der Waals surface area contributed by atoms with E-state index in [4.69, 9.17) is 4.84 Å². The smallest absolute Gasteiger partial charge is 0.264 e. The van der Waals surface area contributed by atoms with Crippen LogP contribution in [0.3, 0.4) is 0 Å². The Balaban J connectivity index is 1.45.